The summed E-state index contributed by atoms with van der Waals surface area (Å²) in [4.78, 5) is 5.15. The molecule has 0 aliphatic carbocycles. The standard InChI is InChI=1S/C12H17N3O3S2/c1-3-15-6-11(4-10(15)7-16)20(17,18)14-5-12-9(2)13-8-19-12/h4,6,8,14,16H,3,5,7H2,1-2H3. The first-order valence-electron chi connectivity index (χ1n) is 6.16. The molecule has 0 fully saturated rings. The van der Waals surface area contributed by atoms with Crippen molar-refractivity contribution in [2.24, 2.45) is 0 Å². The average molecular weight is 315 g/mol. The number of aromatic nitrogens is 2. The quantitative estimate of drug-likeness (QED) is 0.840. The zero-order chi connectivity index (χ0) is 14.8. The summed E-state index contributed by atoms with van der Waals surface area (Å²) < 4.78 is 28.7. The maximum Gasteiger partial charge on any atom is 0.242 e. The Bertz CT molecular complexity index is 667. The van der Waals surface area contributed by atoms with E-state index in [4.69, 9.17) is 0 Å². The Balaban J connectivity index is 2.18. The lowest BCUT2D eigenvalue weighted by atomic mass is 10.4. The highest BCUT2D eigenvalue weighted by Crippen LogP contribution is 2.17. The predicted octanol–water partition coefficient (Wildman–Crippen LogP) is 1.24. The Morgan fingerprint density at radius 2 is 2.25 bits per heavy atom. The SMILES string of the molecule is CCn1cc(S(=O)(=O)NCc2scnc2C)cc1CO. The van der Waals surface area contributed by atoms with E-state index in [-0.39, 0.29) is 18.0 Å². The Kier molecular flexibility index (Phi) is 4.59. The minimum atomic E-state index is -3.58. The smallest absolute Gasteiger partial charge is 0.242 e. The summed E-state index contributed by atoms with van der Waals surface area (Å²) >= 11 is 1.42. The van der Waals surface area contributed by atoms with Crippen molar-refractivity contribution in [3.63, 3.8) is 0 Å². The second-order valence-electron chi connectivity index (χ2n) is 4.30. The van der Waals surface area contributed by atoms with E-state index in [9.17, 15) is 13.5 Å². The zero-order valence-electron chi connectivity index (χ0n) is 11.3. The van der Waals surface area contributed by atoms with Crippen LogP contribution in [0.15, 0.2) is 22.7 Å². The van der Waals surface area contributed by atoms with Crippen molar-refractivity contribution in [3.05, 3.63) is 34.0 Å². The van der Waals surface area contributed by atoms with Crippen molar-refractivity contribution in [2.75, 3.05) is 0 Å². The van der Waals surface area contributed by atoms with Crippen LogP contribution in [0.2, 0.25) is 0 Å². The van der Waals surface area contributed by atoms with Crippen molar-refractivity contribution in [3.8, 4) is 0 Å². The van der Waals surface area contributed by atoms with Gasteiger partial charge in [0.2, 0.25) is 10.0 Å². The largest absolute Gasteiger partial charge is 0.390 e. The van der Waals surface area contributed by atoms with Gasteiger partial charge in [-0.15, -0.1) is 11.3 Å². The van der Waals surface area contributed by atoms with Crippen LogP contribution in [0.25, 0.3) is 0 Å². The third-order valence-corrected chi connectivity index (χ3v) is 5.34. The Morgan fingerprint density at radius 1 is 1.50 bits per heavy atom. The van der Waals surface area contributed by atoms with Crippen molar-refractivity contribution in [1.29, 1.82) is 0 Å². The molecule has 2 rings (SSSR count). The second kappa shape index (κ2) is 6.04. The third-order valence-electron chi connectivity index (χ3n) is 3.04. The molecule has 0 saturated heterocycles. The van der Waals surface area contributed by atoms with Crippen LogP contribution < -0.4 is 4.72 Å². The summed E-state index contributed by atoms with van der Waals surface area (Å²) in [5.74, 6) is 0. The monoisotopic (exact) mass is 315 g/mol. The number of nitrogens with one attached hydrogen (secondary N) is 1. The van der Waals surface area contributed by atoms with Crippen LogP contribution in [0.1, 0.15) is 23.2 Å². The molecule has 2 aromatic rings. The van der Waals surface area contributed by atoms with E-state index in [1.165, 1.54) is 23.6 Å². The number of hydrogen-bond donors (Lipinski definition) is 2. The summed E-state index contributed by atoms with van der Waals surface area (Å²) in [5, 5.41) is 9.20. The number of aliphatic hydroxyl groups is 1. The van der Waals surface area contributed by atoms with Crippen LogP contribution in [0, 0.1) is 6.92 Å². The lowest BCUT2D eigenvalue weighted by Crippen LogP contribution is -2.22. The van der Waals surface area contributed by atoms with Crippen LogP contribution in [0.4, 0.5) is 0 Å². The van der Waals surface area contributed by atoms with E-state index >= 15 is 0 Å². The molecule has 0 radical (unpaired) electrons. The van der Waals surface area contributed by atoms with Crippen LogP contribution in [0.3, 0.4) is 0 Å². The number of hydrogen-bond acceptors (Lipinski definition) is 5. The minimum absolute atomic E-state index is 0.172. The Labute approximate surface area is 122 Å². The fourth-order valence-corrected chi connectivity index (χ4v) is 3.70. The molecule has 2 N–H and O–H groups in total. The lowest BCUT2D eigenvalue weighted by molar-refractivity contribution is 0.271. The number of thiazole rings is 1. The molecule has 0 saturated carbocycles. The van der Waals surface area contributed by atoms with Crippen LogP contribution in [-0.2, 0) is 29.7 Å². The van der Waals surface area contributed by atoms with Crippen molar-refractivity contribution in [2.45, 2.75) is 38.4 Å². The van der Waals surface area contributed by atoms with Crippen LogP contribution >= 0.6 is 11.3 Å². The molecule has 6 nitrogen and oxygen atoms in total. The molecule has 0 spiro atoms. The molecular formula is C12H17N3O3S2. The van der Waals surface area contributed by atoms with Crippen molar-refractivity contribution in [1.82, 2.24) is 14.3 Å². The predicted molar refractivity (Wildman–Crippen MR) is 76.9 cm³/mol. The fourth-order valence-electron chi connectivity index (χ4n) is 1.84. The fraction of sp³-hybridized carbons (Fsp3) is 0.417. The van der Waals surface area contributed by atoms with Gasteiger partial charge in [0.15, 0.2) is 0 Å². The molecule has 0 amide bonds. The molecule has 0 bridgehead atoms. The molecule has 2 aromatic heterocycles. The summed E-state index contributed by atoms with van der Waals surface area (Å²) in [5.41, 5.74) is 3.11. The summed E-state index contributed by atoms with van der Waals surface area (Å²) in [6.45, 7) is 4.39. The molecule has 110 valence electrons. The number of aryl methyl sites for hydroxylation is 2. The van der Waals surface area contributed by atoms with E-state index < -0.39 is 10.0 Å². The molecular weight excluding hydrogens is 298 g/mol. The van der Waals surface area contributed by atoms with E-state index in [2.05, 4.69) is 9.71 Å². The van der Waals surface area contributed by atoms with Gasteiger partial charge in [0, 0.05) is 29.9 Å². The van der Waals surface area contributed by atoms with E-state index in [1.54, 1.807) is 10.1 Å². The van der Waals surface area contributed by atoms with Gasteiger partial charge in [-0.2, -0.15) is 0 Å². The van der Waals surface area contributed by atoms with Crippen molar-refractivity contribution < 1.29 is 13.5 Å². The number of aliphatic hydroxyl groups excluding tert-OH is 1. The highest BCUT2D eigenvalue weighted by atomic mass is 32.2. The van der Waals surface area contributed by atoms with Gasteiger partial charge in [0.1, 0.15) is 0 Å². The van der Waals surface area contributed by atoms with Gasteiger partial charge in [-0.1, -0.05) is 0 Å². The van der Waals surface area contributed by atoms with Gasteiger partial charge < -0.3 is 9.67 Å². The van der Waals surface area contributed by atoms with Crippen LogP contribution in [0.5, 0.6) is 0 Å². The molecule has 0 aliphatic rings. The molecule has 20 heavy (non-hydrogen) atoms. The van der Waals surface area contributed by atoms with Crippen molar-refractivity contribution >= 4 is 21.4 Å². The molecule has 0 aliphatic heterocycles. The lowest BCUT2D eigenvalue weighted by Gasteiger charge is -2.04. The average Bonchev–Trinajstić information content (AvgIpc) is 3.02. The number of sulfonamides is 1. The first-order chi connectivity index (χ1) is 9.47. The molecule has 0 unspecified atom stereocenters. The summed E-state index contributed by atoms with van der Waals surface area (Å²) in [6, 6.07) is 1.49. The molecule has 0 aromatic carbocycles. The molecule has 8 heteroatoms. The minimum Gasteiger partial charge on any atom is -0.390 e. The molecule has 2 heterocycles. The van der Waals surface area contributed by atoms with Gasteiger partial charge in [0.25, 0.3) is 0 Å². The van der Waals surface area contributed by atoms with Gasteiger partial charge in [-0.05, 0) is 19.9 Å². The highest BCUT2D eigenvalue weighted by Gasteiger charge is 2.18. The van der Waals surface area contributed by atoms with E-state index in [1.807, 2.05) is 13.8 Å². The number of rotatable bonds is 6. The first-order valence-corrected chi connectivity index (χ1v) is 8.52. The Morgan fingerprint density at radius 3 is 2.75 bits per heavy atom. The maximum atomic E-state index is 12.2. The highest BCUT2D eigenvalue weighted by molar-refractivity contribution is 7.89. The van der Waals surface area contributed by atoms with Gasteiger partial charge in [0.05, 0.1) is 22.7 Å². The van der Waals surface area contributed by atoms with Gasteiger partial charge in [-0.3, -0.25) is 0 Å². The zero-order valence-corrected chi connectivity index (χ0v) is 13.0. The second-order valence-corrected chi connectivity index (χ2v) is 7.00. The summed E-state index contributed by atoms with van der Waals surface area (Å²) in [7, 11) is -3.58. The normalized spacial score (nSPS) is 11.9. The summed E-state index contributed by atoms with van der Waals surface area (Å²) in [6.07, 6.45) is 1.54. The Hall–Kier alpha value is -1.22. The first kappa shape index (κ1) is 15.2. The third kappa shape index (κ3) is 3.09. The van der Waals surface area contributed by atoms with Gasteiger partial charge >= 0.3 is 0 Å². The van der Waals surface area contributed by atoms with E-state index in [0.29, 0.717) is 12.2 Å². The van der Waals surface area contributed by atoms with E-state index in [0.717, 1.165) is 10.6 Å². The topological polar surface area (TPSA) is 84.2 Å². The van der Waals surface area contributed by atoms with Crippen LogP contribution in [-0.4, -0.2) is 23.1 Å². The number of nitrogens with zero attached hydrogens (tertiary/aromatic N) is 2. The maximum absolute atomic E-state index is 12.2. The van der Waals surface area contributed by atoms with Gasteiger partial charge in [-0.25, -0.2) is 18.1 Å². The molecule has 0 atom stereocenters.